The number of nitrogens with one attached hydrogen (secondary N) is 3. The van der Waals surface area contributed by atoms with Crippen LogP contribution in [0.5, 0.6) is 0 Å². The van der Waals surface area contributed by atoms with Crippen molar-refractivity contribution in [3.8, 4) is 0 Å². The van der Waals surface area contributed by atoms with Crippen molar-refractivity contribution < 1.29 is 28.3 Å². The molecule has 3 unspecified atom stereocenters. The fourth-order valence-electron chi connectivity index (χ4n) is 3.94. The highest BCUT2D eigenvalue weighted by molar-refractivity contribution is 6.00. The fraction of sp³-hybridized carbons (Fsp3) is 0.333. The predicted molar refractivity (Wildman–Crippen MR) is 146 cm³/mol. The Bertz CT molecular complexity index is 1210. The van der Waals surface area contributed by atoms with Crippen molar-refractivity contribution in [3.05, 3.63) is 95.9 Å². The molecular formula is C30H35N3O6. The molecule has 9 heteroatoms. The van der Waals surface area contributed by atoms with Crippen LogP contribution in [0.1, 0.15) is 48.9 Å². The number of furan rings is 1. The first-order chi connectivity index (χ1) is 18.7. The summed E-state index contributed by atoms with van der Waals surface area (Å²) in [7, 11) is 0. The van der Waals surface area contributed by atoms with E-state index in [4.69, 9.17) is 9.15 Å². The van der Waals surface area contributed by atoms with E-state index in [-0.39, 0.29) is 30.5 Å². The van der Waals surface area contributed by atoms with Crippen LogP contribution < -0.4 is 16.0 Å². The molecule has 3 N–H and O–H groups in total. The van der Waals surface area contributed by atoms with Crippen molar-refractivity contribution in [2.24, 2.45) is 5.92 Å². The second-order valence-electron chi connectivity index (χ2n) is 9.71. The minimum Gasteiger partial charge on any atom is -0.461 e. The van der Waals surface area contributed by atoms with E-state index in [0.29, 0.717) is 6.42 Å². The number of hydrogen-bond acceptors (Lipinski definition) is 6. The molecule has 3 aromatic rings. The van der Waals surface area contributed by atoms with Gasteiger partial charge in [-0.15, -0.1) is 0 Å². The summed E-state index contributed by atoms with van der Waals surface area (Å²) in [6.45, 7) is 5.45. The van der Waals surface area contributed by atoms with E-state index in [2.05, 4.69) is 16.0 Å². The maximum Gasteiger partial charge on any atom is 0.408 e. The molecule has 2 aromatic carbocycles. The SMILES string of the molecule is CC(C)CC(NC(=O)C(C)NC(=O)C(Cc1ccccc1)NC(=O)OCc1ccccc1)C(=O)c1ccco1. The van der Waals surface area contributed by atoms with Crippen molar-refractivity contribution in [3.63, 3.8) is 0 Å². The molecule has 9 nitrogen and oxygen atoms in total. The van der Waals surface area contributed by atoms with Gasteiger partial charge in [-0.1, -0.05) is 74.5 Å². The molecule has 0 bridgehead atoms. The van der Waals surface area contributed by atoms with Crippen molar-refractivity contribution in [2.75, 3.05) is 0 Å². The summed E-state index contributed by atoms with van der Waals surface area (Å²) in [5.41, 5.74) is 1.63. The zero-order chi connectivity index (χ0) is 28.2. The lowest BCUT2D eigenvalue weighted by Crippen LogP contribution is -2.55. The van der Waals surface area contributed by atoms with Gasteiger partial charge in [0.15, 0.2) is 5.76 Å². The minimum absolute atomic E-state index is 0.0477. The van der Waals surface area contributed by atoms with Crippen LogP contribution in [-0.4, -0.2) is 41.8 Å². The number of amides is 3. The Morgan fingerprint density at radius 3 is 1.97 bits per heavy atom. The van der Waals surface area contributed by atoms with Crippen LogP contribution in [0.2, 0.25) is 0 Å². The molecule has 3 atom stereocenters. The number of ketones is 1. The molecule has 3 rings (SSSR count). The predicted octanol–water partition coefficient (Wildman–Crippen LogP) is 4.04. The number of alkyl carbamates (subject to hydrolysis) is 1. The largest absolute Gasteiger partial charge is 0.461 e. The number of carbonyl (C=O) groups excluding carboxylic acids is 4. The summed E-state index contributed by atoms with van der Waals surface area (Å²) in [5.74, 6) is -1.15. The molecule has 0 aliphatic rings. The van der Waals surface area contributed by atoms with E-state index in [1.165, 1.54) is 13.2 Å². The molecule has 0 radical (unpaired) electrons. The van der Waals surface area contributed by atoms with E-state index in [0.717, 1.165) is 11.1 Å². The highest BCUT2D eigenvalue weighted by Gasteiger charge is 2.29. The number of hydrogen-bond donors (Lipinski definition) is 3. The smallest absolute Gasteiger partial charge is 0.408 e. The first-order valence-electron chi connectivity index (χ1n) is 12.9. The molecular weight excluding hydrogens is 498 g/mol. The molecule has 206 valence electrons. The second kappa shape index (κ2) is 14.5. The van der Waals surface area contributed by atoms with Gasteiger partial charge in [-0.25, -0.2) is 4.79 Å². The molecule has 0 spiro atoms. The van der Waals surface area contributed by atoms with Crippen LogP contribution in [0.15, 0.2) is 83.5 Å². The first kappa shape index (κ1) is 29.2. The van der Waals surface area contributed by atoms with Crippen LogP contribution in [0, 0.1) is 5.92 Å². The van der Waals surface area contributed by atoms with Crippen LogP contribution in [0.4, 0.5) is 4.79 Å². The van der Waals surface area contributed by atoms with Crippen LogP contribution >= 0.6 is 0 Å². The molecule has 0 saturated carbocycles. The van der Waals surface area contributed by atoms with Crippen molar-refractivity contribution >= 4 is 23.7 Å². The molecule has 0 fully saturated rings. The van der Waals surface area contributed by atoms with Gasteiger partial charge in [-0.3, -0.25) is 14.4 Å². The van der Waals surface area contributed by atoms with E-state index < -0.39 is 36.0 Å². The number of carbonyl (C=O) groups is 4. The van der Waals surface area contributed by atoms with Gasteiger partial charge >= 0.3 is 6.09 Å². The van der Waals surface area contributed by atoms with Crippen LogP contribution in [-0.2, 0) is 27.4 Å². The van der Waals surface area contributed by atoms with Gasteiger partial charge in [0.2, 0.25) is 17.6 Å². The molecule has 0 saturated heterocycles. The number of rotatable bonds is 13. The topological polar surface area (TPSA) is 127 Å². The standard InChI is InChI=1S/C30H35N3O6/c1-20(2)17-24(27(34)26-15-10-16-38-26)32-28(35)21(3)31-29(36)25(18-22-11-6-4-7-12-22)33-30(37)39-19-23-13-8-5-9-14-23/h4-16,20-21,24-25H,17-19H2,1-3H3,(H,31,36)(H,32,35)(H,33,37). The summed E-state index contributed by atoms with van der Waals surface area (Å²) >= 11 is 0. The fourth-order valence-corrected chi connectivity index (χ4v) is 3.94. The Morgan fingerprint density at radius 1 is 0.744 bits per heavy atom. The van der Waals surface area contributed by atoms with Gasteiger partial charge in [-0.2, -0.15) is 0 Å². The number of Topliss-reactive ketones (excluding diaryl/α,β-unsaturated/α-hetero) is 1. The third-order valence-electron chi connectivity index (χ3n) is 5.96. The Balaban J connectivity index is 1.64. The zero-order valence-electron chi connectivity index (χ0n) is 22.4. The van der Waals surface area contributed by atoms with Gasteiger partial charge in [0, 0.05) is 6.42 Å². The van der Waals surface area contributed by atoms with E-state index in [1.54, 1.807) is 12.1 Å². The van der Waals surface area contributed by atoms with Crippen molar-refractivity contribution in [2.45, 2.75) is 58.3 Å². The lowest BCUT2D eigenvalue weighted by atomic mass is 9.98. The highest BCUT2D eigenvalue weighted by Crippen LogP contribution is 2.13. The van der Waals surface area contributed by atoms with Crippen molar-refractivity contribution in [1.82, 2.24) is 16.0 Å². The average molecular weight is 534 g/mol. The Labute approximate surface area is 228 Å². The Kier molecular flexibility index (Phi) is 10.9. The molecule has 1 heterocycles. The average Bonchev–Trinajstić information content (AvgIpc) is 3.47. The van der Waals surface area contributed by atoms with Crippen LogP contribution in [0.25, 0.3) is 0 Å². The second-order valence-corrected chi connectivity index (χ2v) is 9.71. The van der Waals surface area contributed by atoms with Gasteiger partial charge in [0.05, 0.1) is 12.3 Å². The summed E-state index contributed by atoms with van der Waals surface area (Å²) < 4.78 is 10.5. The lowest BCUT2D eigenvalue weighted by Gasteiger charge is -2.23. The lowest BCUT2D eigenvalue weighted by molar-refractivity contribution is -0.129. The maximum atomic E-state index is 13.2. The summed E-state index contributed by atoms with van der Waals surface area (Å²) in [6, 6.07) is 18.7. The van der Waals surface area contributed by atoms with Gasteiger partial charge < -0.3 is 25.1 Å². The number of benzene rings is 2. The summed E-state index contributed by atoms with van der Waals surface area (Å²) in [5, 5.41) is 8.00. The third-order valence-corrected chi connectivity index (χ3v) is 5.96. The molecule has 0 aliphatic heterocycles. The number of ether oxygens (including phenoxy) is 1. The zero-order valence-corrected chi connectivity index (χ0v) is 22.4. The van der Waals surface area contributed by atoms with E-state index in [1.807, 2.05) is 74.5 Å². The first-order valence-corrected chi connectivity index (χ1v) is 12.9. The van der Waals surface area contributed by atoms with E-state index >= 15 is 0 Å². The van der Waals surface area contributed by atoms with Gasteiger partial charge in [0.1, 0.15) is 18.7 Å². The van der Waals surface area contributed by atoms with Gasteiger partial charge in [-0.05, 0) is 42.5 Å². The molecule has 3 amide bonds. The quantitative estimate of drug-likeness (QED) is 0.285. The molecule has 39 heavy (non-hydrogen) atoms. The normalized spacial score (nSPS) is 13.1. The summed E-state index contributed by atoms with van der Waals surface area (Å²) in [6.07, 6.45) is 1.23. The molecule has 1 aromatic heterocycles. The third kappa shape index (κ3) is 9.45. The monoisotopic (exact) mass is 533 g/mol. The minimum atomic E-state index is -0.998. The Morgan fingerprint density at radius 2 is 1.38 bits per heavy atom. The van der Waals surface area contributed by atoms with E-state index in [9.17, 15) is 19.2 Å². The van der Waals surface area contributed by atoms with Crippen molar-refractivity contribution in [1.29, 1.82) is 0 Å². The Hall–Kier alpha value is -4.40. The molecule has 0 aliphatic carbocycles. The van der Waals surface area contributed by atoms with Gasteiger partial charge in [0.25, 0.3) is 0 Å². The summed E-state index contributed by atoms with van der Waals surface area (Å²) in [4.78, 5) is 51.6. The maximum absolute atomic E-state index is 13.2. The highest BCUT2D eigenvalue weighted by atomic mass is 16.5. The van der Waals surface area contributed by atoms with Crippen LogP contribution in [0.3, 0.4) is 0 Å².